The number of nitrogens with zero attached hydrogens (tertiary/aromatic N) is 1. The van der Waals surface area contributed by atoms with E-state index >= 15 is 0 Å². The molecular weight excluding hydrogens is 354 g/mol. The van der Waals surface area contributed by atoms with Crippen LogP contribution in [0.3, 0.4) is 0 Å². The van der Waals surface area contributed by atoms with Crippen LogP contribution in [0.15, 0.2) is 35.7 Å². The summed E-state index contributed by atoms with van der Waals surface area (Å²) in [5, 5.41) is 11.7. The van der Waals surface area contributed by atoms with Gasteiger partial charge in [-0.05, 0) is 74.9 Å². The van der Waals surface area contributed by atoms with Crippen molar-refractivity contribution in [3.63, 3.8) is 0 Å². The van der Waals surface area contributed by atoms with Gasteiger partial charge in [0.15, 0.2) is 5.78 Å². The molecule has 2 aromatic rings. The zero-order valence-electron chi connectivity index (χ0n) is 16.3. The molecule has 1 saturated heterocycles. The normalized spacial score (nSPS) is 18.0. The summed E-state index contributed by atoms with van der Waals surface area (Å²) in [6, 6.07) is 10.2. The number of aryl methyl sites for hydroxylation is 1. The topological polar surface area (TPSA) is 40.5 Å². The number of benzene rings is 1. The lowest BCUT2D eigenvalue weighted by molar-refractivity contribution is 0.0815. The Kier molecular flexibility index (Phi) is 6.16. The van der Waals surface area contributed by atoms with Crippen LogP contribution in [0.1, 0.15) is 53.1 Å². The van der Waals surface area contributed by atoms with Crippen molar-refractivity contribution in [2.24, 2.45) is 5.92 Å². The molecule has 4 heteroatoms. The van der Waals surface area contributed by atoms with Crippen LogP contribution in [0.5, 0.6) is 0 Å². The highest BCUT2D eigenvalue weighted by atomic mass is 32.1. The number of ketones is 1. The predicted molar refractivity (Wildman–Crippen MR) is 111 cm³/mol. The molecule has 0 spiro atoms. The van der Waals surface area contributed by atoms with Crippen molar-refractivity contribution in [3.8, 4) is 11.8 Å². The fourth-order valence-electron chi connectivity index (χ4n) is 3.40. The van der Waals surface area contributed by atoms with Crippen molar-refractivity contribution < 1.29 is 9.90 Å². The lowest BCUT2D eigenvalue weighted by Gasteiger charge is -2.32. The first-order chi connectivity index (χ1) is 12.8. The molecule has 142 valence electrons. The number of rotatable bonds is 4. The number of likely N-dealkylation sites (tertiary alicyclic amines) is 1. The SMILES string of the molecule is Cc1ccsc1C(=O)[C@@H]1CCCN(Cc2ccc(C#CC(C)(C)O)cc2)C1. The number of hydrogen-bond acceptors (Lipinski definition) is 4. The summed E-state index contributed by atoms with van der Waals surface area (Å²) in [6.07, 6.45) is 2.05. The Morgan fingerprint density at radius 1 is 1.30 bits per heavy atom. The fourth-order valence-corrected chi connectivity index (χ4v) is 4.35. The van der Waals surface area contributed by atoms with E-state index in [1.165, 1.54) is 5.56 Å². The van der Waals surface area contributed by atoms with E-state index < -0.39 is 5.60 Å². The van der Waals surface area contributed by atoms with E-state index in [1.807, 2.05) is 30.5 Å². The van der Waals surface area contributed by atoms with Crippen LogP contribution in [0.25, 0.3) is 0 Å². The third-order valence-electron chi connectivity index (χ3n) is 4.84. The van der Waals surface area contributed by atoms with Gasteiger partial charge in [0.1, 0.15) is 5.60 Å². The maximum Gasteiger partial charge on any atom is 0.177 e. The van der Waals surface area contributed by atoms with Crippen molar-refractivity contribution in [1.29, 1.82) is 0 Å². The number of piperidine rings is 1. The minimum atomic E-state index is -0.977. The Bertz CT molecular complexity index is 849. The third-order valence-corrected chi connectivity index (χ3v) is 5.87. The maximum absolute atomic E-state index is 12.8. The van der Waals surface area contributed by atoms with Crippen molar-refractivity contribution in [2.75, 3.05) is 13.1 Å². The molecule has 0 radical (unpaired) electrons. The number of aliphatic hydroxyl groups is 1. The van der Waals surface area contributed by atoms with E-state index in [0.717, 1.165) is 48.5 Å². The molecule has 0 unspecified atom stereocenters. The quantitative estimate of drug-likeness (QED) is 0.635. The number of hydrogen-bond donors (Lipinski definition) is 1. The molecule has 3 rings (SSSR count). The molecule has 2 heterocycles. The van der Waals surface area contributed by atoms with Gasteiger partial charge in [-0.2, -0.15) is 0 Å². The number of carbonyl (C=O) groups is 1. The number of carbonyl (C=O) groups excluding carboxylic acids is 1. The van der Waals surface area contributed by atoms with Crippen molar-refractivity contribution in [1.82, 2.24) is 4.90 Å². The smallest absolute Gasteiger partial charge is 0.177 e. The van der Waals surface area contributed by atoms with E-state index in [2.05, 4.69) is 28.9 Å². The summed E-state index contributed by atoms with van der Waals surface area (Å²) >= 11 is 1.57. The standard InChI is InChI=1S/C23H27NO2S/c1-17-11-14-27-22(17)21(25)20-5-4-13-24(16-20)15-19-8-6-18(7-9-19)10-12-23(2,3)26/h6-9,11,14,20,26H,4-5,13,15-16H2,1-3H3/t20-/m1/s1. The average Bonchev–Trinajstić information content (AvgIpc) is 3.06. The molecule has 1 fully saturated rings. The highest BCUT2D eigenvalue weighted by molar-refractivity contribution is 7.12. The van der Waals surface area contributed by atoms with Crippen LogP contribution < -0.4 is 0 Å². The second-order valence-corrected chi connectivity index (χ2v) is 8.79. The van der Waals surface area contributed by atoms with Crippen molar-refractivity contribution in [3.05, 3.63) is 57.3 Å². The van der Waals surface area contributed by atoms with Crippen LogP contribution in [-0.4, -0.2) is 34.5 Å². The molecule has 1 atom stereocenters. The molecule has 1 aromatic carbocycles. The molecule has 0 saturated carbocycles. The molecule has 1 aliphatic rings. The predicted octanol–water partition coefficient (Wildman–Crippen LogP) is 4.27. The van der Waals surface area contributed by atoms with Gasteiger partial charge in [-0.3, -0.25) is 9.69 Å². The van der Waals surface area contributed by atoms with Gasteiger partial charge in [0.25, 0.3) is 0 Å². The molecule has 1 aliphatic heterocycles. The minimum absolute atomic E-state index is 0.105. The number of Topliss-reactive ketones (excluding diaryl/α,β-unsaturated/α-hetero) is 1. The van der Waals surface area contributed by atoms with Crippen LogP contribution in [0, 0.1) is 24.7 Å². The zero-order valence-corrected chi connectivity index (χ0v) is 17.1. The lowest BCUT2D eigenvalue weighted by atomic mass is 9.92. The molecule has 0 bridgehead atoms. The van der Waals surface area contributed by atoms with Gasteiger partial charge in [0.2, 0.25) is 0 Å². The molecule has 1 N–H and O–H groups in total. The Morgan fingerprint density at radius 2 is 2.04 bits per heavy atom. The highest BCUT2D eigenvalue weighted by Gasteiger charge is 2.28. The van der Waals surface area contributed by atoms with E-state index in [4.69, 9.17) is 0 Å². The molecule has 1 aromatic heterocycles. The van der Waals surface area contributed by atoms with E-state index in [-0.39, 0.29) is 5.92 Å². The van der Waals surface area contributed by atoms with Crippen LogP contribution in [0.2, 0.25) is 0 Å². The summed E-state index contributed by atoms with van der Waals surface area (Å²) in [5.41, 5.74) is 2.25. The van der Waals surface area contributed by atoms with Gasteiger partial charge < -0.3 is 5.11 Å². The average molecular weight is 382 g/mol. The van der Waals surface area contributed by atoms with E-state index in [0.29, 0.717) is 5.78 Å². The molecular formula is C23H27NO2S. The Labute approximate surface area is 166 Å². The fraction of sp³-hybridized carbons (Fsp3) is 0.435. The van der Waals surface area contributed by atoms with Crippen molar-refractivity contribution in [2.45, 2.75) is 45.8 Å². The highest BCUT2D eigenvalue weighted by Crippen LogP contribution is 2.26. The second-order valence-electron chi connectivity index (χ2n) is 7.88. The molecule has 3 nitrogen and oxygen atoms in total. The second kappa shape index (κ2) is 8.39. The summed E-state index contributed by atoms with van der Waals surface area (Å²) < 4.78 is 0. The summed E-state index contributed by atoms with van der Waals surface area (Å²) in [5.74, 6) is 6.25. The lowest BCUT2D eigenvalue weighted by Crippen LogP contribution is -2.38. The number of thiophene rings is 1. The summed E-state index contributed by atoms with van der Waals surface area (Å²) in [7, 11) is 0. The molecule has 0 amide bonds. The Balaban J connectivity index is 1.61. The zero-order chi connectivity index (χ0) is 19.4. The molecule has 0 aliphatic carbocycles. The van der Waals surface area contributed by atoms with Crippen LogP contribution >= 0.6 is 11.3 Å². The van der Waals surface area contributed by atoms with Gasteiger partial charge in [-0.25, -0.2) is 0 Å². The van der Waals surface area contributed by atoms with Crippen LogP contribution in [0.4, 0.5) is 0 Å². The van der Waals surface area contributed by atoms with Crippen LogP contribution in [-0.2, 0) is 6.54 Å². The first kappa shape index (κ1) is 19.8. The maximum atomic E-state index is 12.8. The first-order valence-corrected chi connectivity index (χ1v) is 10.3. The minimum Gasteiger partial charge on any atom is -0.378 e. The van der Waals surface area contributed by atoms with E-state index in [9.17, 15) is 9.90 Å². The monoisotopic (exact) mass is 381 g/mol. The van der Waals surface area contributed by atoms with Gasteiger partial charge in [-0.15, -0.1) is 11.3 Å². The summed E-state index contributed by atoms with van der Waals surface area (Å²) in [6.45, 7) is 8.10. The third kappa shape index (κ3) is 5.52. The largest absolute Gasteiger partial charge is 0.378 e. The molecule has 27 heavy (non-hydrogen) atoms. The van der Waals surface area contributed by atoms with E-state index in [1.54, 1.807) is 25.2 Å². The first-order valence-electron chi connectivity index (χ1n) is 9.47. The van der Waals surface area contributed by atoms with Gasteiger partial charge in [0, 0.05) is 24.6 Å². The van der Waals surface area contributed by atoms with Crippen molar-refractivity contribution >= 4 is 17.1 Å². The van der Waals surface area contributed by atoms with Gasteiger partial charge in [-0.1, -0.05) is 24.0 Å². The Hall–Kier alpha value is -1.93. The summed E-state index contributed by atoms with van der Waals surface area (Å²) in [4.78, 5) is 16.1. The van der Waals surface area contributed by atoms with Gasteiger partial charge >= 0.3 is 0 Å². The van der Waals surface area contributed by atoms with Gasteiger partial charge in [0.05, 0.1) is 4.88 Å². The Morgan fingerprint density at radius 3 is 2.67 bits per heavy atom.